The van der Waals surface area contributed by atoms with E-state index in [2.05, 4.69) is 17.6 Å². The number of halogens is 1. The van der Waals surface area contributed by atoms with Crippen LogP contribution in [0.15, 0.2) is 70.6 Å². The number of para-hydroxylation sites is 1. The highest BCUT2D eigenvalue weighted by molar-refractivity contribution is 8.18. The van der Waals surface area contributed by atoms with E-state index in [1.54, 1.807) is 12.1 Å². The minimum atomic E-state index is -0.256. The van der Waals surface area contributed by atoms with Gasteiger partial charge in [0.2, 0.25) is 0 Å². The summed E-state index contributed by atoms with van der Waals surface area (Å²) in [5.74, 6) is 0.223. The van der Waals surface area contributed by atoms with Crippen molar-refractivity contribution in [3.63, 3.8) is 0 Å². The number of carbonyl (C=O) groups excluding carboxylic acids is 1. The molecular formula is C29H30FN3OS. The predicted octanol–water partition coefficient (Wildman–Crippen LogP) is 7.42. The van der Waals surface area contributed by atoms with Gasteiger partial charge in [-0.1, -0.05) is 38.0 Å². The molecule has 0 unspecified atom stereocenters. The summed E-state index contributed by atoms with van der Waals surface area (Å²) >= 11 is 1.46. The lowest BCUT2D eigenvalue weighted by molar-refractivity contribution is -0.124. The van der Waals surface area contributed by atoms with Crippen molar-refractivity contribution in [2.75, 3.05) is 0 Å². The number of hydrogen-bond acceptors (Lipinski definition) is 3. The highest BCUT2D eigenvalue weighted by atomic mass is 32.2. The van der Waals surface area contributed by atoms with Gasteiger partial charge >= 0.3 is 0 Å². The number of benzene rings is 2. The molecule has 4 nitrogen and oxygen atoms in total. The lowest BCUT2D eigenvalue weighted by atomic mass is 9.85. The molecule has 1 amide bonds. The fourth-order valence-electron chi connectivity index (χ4n) is 5.21. The van der Waals surface area contributed by atoms with Crippen LogP contribution in [0.2, 0.25) is 0 Å². The van der Waals surface area contributed by atoms with Crippen LogP contribution in [0.3, 0.4) is 0 Å². The summed E-state index contributed by atoms with van der Waals surface area (Å²) in [4.78, 5) is 21.3. The number of nitrogens with zero attached hydrogens (tertiary/aromatic N) is 3. The molecule has 1 saturated carbocycles. The van der Waals surface area contributed by atoms with Crippen LogP contribution in [-0.4, -0.2) is 26.6 Å². The maximum Gasteiger partial charge on any atom is 0.267 e. The van der Waals surface area contributed by atoms with Gasteiger partial charge in [-0.05, 0) is 98.5 Å². The topological polar surface area (TPSA) is 37.6 Å². The lowest BCUT2D eigenvalue weighted by Crippen LogP contribution is -2.44. The Morgan fingerprint density at radius 2 is 1.74 bits per heavy atom. The number of amides is 1. The zero-order chi connectivity index (χ0) is 24.5. The molecule has 1 aliphatic heterocycles. The summed E-state index contributed by atoms with van der Waals surface area (Å²) in [6.45, 7) is 6.31. The SMILES string of the molecule is Cc1cc(/C=C2\SC(=Nc3ccccc3)N([C@@H]3CCCC[C@H]3C)C2=O)c(C)n1-c1ccc(F)cc1. The average Bonchev–Trinajstić information content (AvgIpc) is 3.30. The van der Waals surface area contributed by atoms with Gasteiger partial charge in [-0.3, -0.25) is 9.69 Å². The maximum atomic E-state index is 13.8. The van der Waals surface area contributed by atoms with Crippen LogP contribution in [-0.2, 0) is 4.79 Å². The van der Waals surface area contributed by atoms with Gasteiger partial charge in [0.1, 0.15) is 5.82 Å². The van der Waals surface area contributed by atoms with E-state index >= 15 is 0 Å². The molecule has 35 heavy (non-hydrogen) atoms. The molecule has 0 spiro atoms. The van der Waals surface area contributed by atoms with Crippen LogP contribution >= 0.6 is 11.8 Å². The van der Waals surface area contributed by atoms with Gasteiger partial charge in [0.25, 0.3) is 5.91 Å². The van der Waals surface area contributed by atoms with Crippen molar-refractivity contribution >= 4 is 34.6 Å². The number of amidine groups is 1. The molecule has 3 aromatic rings. The zero-order valence-corrected chi connectivity index (χ0v) is 21.2. The van der Waals surface area contributed by atoms with Gasteiger partial charge in [0, 0.05) is 23.1 Å². The van der Waals surface area contributed by atoms with Gasteiger partial charge < -0.3 is 4.57 Å². The molecule has 2 atom stereocenters. The lowest BCUT2D eigenvalue weighted by Gasteiger charge is -2.35. The molecule has 2 heterocycles. The molecule has 1 aromatic heterocycles. The van der Waals surface area contributed by atoms with Crippen molar-refractivity contribution in [3.05, 3.63) is 88.3 Å². The Kier molecular flexibility index (Phi) is 6.65. The summed E-state index contributed by atoms with van der Waals surface area (Å²) in [6.07, 6.45) is 6.49. The number of rotatable bonds is 4. The number of aryl methyl sites for hydroxylation is 1. The Balaban J connectivity index is 1.53. The molecule has 180 valence electrons. The van der Waals surface area contributed by atoms with Crippen molar-refractivity contribution < 1.29 is 9.18 Å². The van der Waals surface area contributed by atoms with Gasteiger partial charge in [-0.2, -0.15) is 0 Å². The van der Waals surface area contributed by atoms with Crippen LogP contribution in [0, 0.1) is 25.6 Å². The van der Waals surface area contributed by atoms with Crippen LogP contribution < -0.4 is 0 Å². The largest absolute Gasteiger partial charge is 0.318 e. The van der Waals surface area contributed by atoms with E-state index < -0.39 is 0 Å². The minimum absolute atomic E-state index is 0.0371. The van der Waals surface area contributed by atoms with Gasteiger partial charge in [0.05, 0.1) is 10.6 Å². The van der Waals surface area contributed by atoms with E-state index in [0.29, 0.717) is 10.8 Å². The minimum Gasteiger partial charge on any atom is -0.318 e. The summed E-state index contributed by atoms with van der Waals surface area (Å²) in [6, 6.07) is 18.6. The number of hydrogen-bond donors (Lipinski definition) is 0. The second-order valence-electron chi connectivity index (χ2n) is 9.48. The van der Waals surface area contributed by atoms with Crippen LogP contribution in [0.25, 0.3) is 11.8 Å². The number of aromatic nitrogens is 1. The van der Waals surface area contributed by atoms with Gasteiger partial charge in [0.15, 0.2) is 5.17 Å². The van der Waals surface area contributed by atoms with Gasteiger partial charge in [-0.15, -0.1) is 0 Å². The molecule has 2 aromatic carbocycles. The van der Waals surface area contributed by atoms with E-state index in [0.717, 1.165) is 52.8 Å². The molecule has 2 fully saturated rings. The van der Waals surface area contributed by atoms with Crippen molar-refractivity contribution in [2.24, 2.45) is 10.9 Å². The van der Waals surface area contributed by atoms with Crippen LogP contribution in [0.5, 0.6) is 0 Å². The summed E-state index contributed by atoms with van der Waals surface area (Å²) < 4.78 is 15.6. The summed E-state index contributed by atoms with van der Waals surface area (Å²) in [7, 11) is 0. The van der Waals surface area contributed by atoms with Gasteiger partial charge in [-0.25, -0.2) is 9.38 Å². The molecule has 2 aliphatic rings. The fraction of sp³-hybridized carbons (Fsp3) is 0.310. The Bertz CT molecular complexity index is 1290. The first-order valence-electron chi connectivity index (χ1n) is 12.2. The molecule has 6 heteroatoms. The normalized spacial score (nSPS) is 23.0. The molecule has 0 N–H and O–H groups in total. The quantitative estimate of drug-likeness (QED) is 0.359. The number of aliphatic imine (C=N–C) groups is 1. The molecule has 1 aliphatic carbocycles. The highest BCUT2D eigenvalue weighted by Crippen LogP contribution is 2.40. The van der Waals surface area contributed by atoms with E-state index in [1.807, 2.05) is 55.2 Å². The first-order valence-corrected chi connectivity index (χ1v) is 13.1. The Morgan fingerprint density at radius 1 is 1.03 bits per heavy atom. The Morgan fingerprint density at radius 3 is 2.46 bits per heavy atom. The van der Waals surface area contributed by atoms with E-state index in [4.69, 9.17) is 4.99 Å². The second kappa shape index (κ2) is 9.86. The predicted molar refractivity (Wildman–Crippen MR) is 143 cm³/mol. The smallest absolute Gasteiger partial charge is 0.267 e. The third-order valence-electron chi connectivity index (χ3n) is 7.06. The third kappa shape index (κ3) is 4.72. The number of carbonyl (C=O) groups is 1. The van der Waals surface area contributed by atoms with Crippen LogP contribution in [0.4, 0.5) is 10.1 Å². The molecule has 0 bridgehead atoms. The first kappa shape index (κ1) is 23.6. The van der Waals surface area contributed by atoms with Crippen LogP contribution in [0.1, 0.15) is 49.6 Å². The monoisotopic (exact) mass is 487 g/mol. The molecule has 0 radical (unpaired) electrons. The van der Waals surface area contributed by atoms with Crippen molar-refractivity contribution in [3.8, 4) is 5.69 Å². The Hall–Kier alpha value is -3.12. The Labute approximate surface area is 210 Å². The number of thioether (sulfide) groups is 1. The second-order valence-corrected chi connectivity index (χ2v) is 10.5. The molecule has 5 rings (SSSR count). The maximum absolute atomic E-state index is 13.8. The molecular weight excluding hydrogens is 457 g/mol. The van der Waals surface area contributed by atoms with E-state index in [1.165, 1.54) is 30.3 Å². The highest BCUT2D eigenvalue weighted by Gasteiger charge is 2.41. The average molecular weight is 488 g/mol. The first-order chi connectivity index (χ1) is 16.9. The zero-order valence-electron chi connectivity index (χ0n) is 20.4. The fourth-order valence-corrected chi connectivity index (χ4v) is 6.25. The van der Waals surface area contributed by atoms with Crippen molar-refractivity contribution in [1.82, 2.24) is 9.47 Å². The van der Waals surface area contributed by atoms with Crippen molar-refractivity contribution in [2.45, 2.75) is 52.5 Å². The van der Waals surface area contributed by atoms with Crippen molar-refractivity contribution in [1.29, 1.82) is 0 Å². The third-order valence-corrected chi connectivity index (χ3v) is 8.04. The molecule has 1 saturated heterocycles. The van der Waals surface area contributed by atoms with E-state index in [-0.39, 0.29) is 17.8 Å². The standard InChI is InChI=1S/C29H30FN3OS/c1-19-9-7-8-12-26(19)33-28(34)27(35-29(33)31-24-10-5-4-6-11-24)18-22-17-20(2)32(21(22)3)25-15-13-23(30)14-16-25/h4-6,10-11,13-19,26H,7-9,12H2,1-3H3/b27-18-,31-29?/t19-,26-/m1/s1. The summed E-state index contributed by atoms with van der Waals surface area (Å²) in [5, 5.41) is 0.763. The summed E-state index contributed by atoms with van der Waals surface area (Å²) in [5.41, 5.74) is 4.79. The van der Waals surface area contributed by atoms with E-state index in [9.17, 15) is 9.18 Å².